The molecule has 1 aromatic carbocycles. The quantitative estimate of drug-likeness (QED) is 0.583. The number of hydrogen-bond acceptors (Lipinski definition) is 2. The highest BCUT2D eigenvalue weighted by molar-refractivity contribution is 7.08. The predicted molar refractivity (Wildman–Crippen MR) is 63.7 cm³/mol. The van der Waals surface area contributed by atoms with Crippen molar-refractivity contribution in [3.05, 3.63) is 58.3 Å². The second-order valence-electron chi connectivity index (χ2n) is 3.15. The maximum Gasteiger partial charge on any atom is 0.185 e. The highest BCUT2D eigenvalue weighted by Gasteiger charge is 2.18. The van der Waals surface area contributed by atoms with Crippen LogP contribution in [0.15, 0.2) is 47.2 Å². The lowest BCUT2D eigenvalue weighted by Crippen LogP contribution is -2.05. The number of thiophene rings is 1. The Morgan fingerprint density at radius 2 is 1.93 bits per heavy atom. The van der Waals surface area contributed by atoms with Gasteiger partial charge in [0.05, 0.1) is 0 Å². The van der Waals surface area contributed by atoms with Gasteiger partial charge in [-0.15, -0.1) is 11.6 Å². The van der Waals surface area contributed by atoms with Gasteiger partial charge in [-0.25, -0.2) is 0 Å². The summed E-state index contributed by atoms with van der Waals surface area (Å²) in [7, 11) is 0. The van der Waals surface area contributed by atoms with Gasteiger partial charge in [0.15, 0.2) is 5.78 Å². The van der Waals surface area contributed by atoms with Crippen molar-refractivity contribution in [1.29, 1.82) is 0 Å². The summed E-state index contributed by atoms with van der Waals surface area (Å²) in [6.07, 6.45) is 0. The maximum atomic E-state index is 11.9. The molecule has 1 heterocycles. The summed E-state index contributed by atoms with van der Waals surface area (Å²) in [6.45, 7) is 0. The molecule has 3 heteroatoms. The third-order valence-electron chi connectivity index (χ3n) is 2.13. The Hall–Kier alpha value is -1.12. The average molecular weight is 237 g/mol. The zero-order valence-electron chi connectivity index (χ0n) is 7.89. The Balaban J connectivity index is 2.23. The molecule has 0 N–H and O–H groups in total. The fourth-order valence-electron chi connectivity index (χ4n) is 1.32. The molecule has 0 fully saturated rings. The molecule has 0 spiro atoms. The van der Waals surface area contributed by atoms with Crippen molar-refractivity contribution in [3.8, 4) is 0 Å². The summed E-state index contributed by atoms with van der Waals surface area (Å²) < 4.78 is 0. The lowest BCUT2D eigenvalue weighted by atomic mass is 10.1. The minimum atomic E-state index is -0.583. The Bertz CT molecular complexity index is 436. The molecule has 0 saturated heterocycles. The van der Waals surface area contributed by atoms with Gasteiger partial charge in [0.25, 0.3) is 0 Å². The molecule has 0 aliphatic carbocycles. The van der Waals surface area contributed by atoms with E-state index in [1.807, 2.05) is 41.1 Å². The predicted octanol–water partition coefficient (Wildman–Crippen LogP) is 3.91. The van der Waals surface area contributed by atoms with Crippen molar-refractivity contribution < 1.29 is 4.79 Å². The van der Waals surface area contributed by atoms with Crippen molar-refractivity contribution >= 4 is 28.7 Å². The minimum Gasteiger partial charge on any atom is -0.292 e. The van der Waals surface area contributed by atoms with Crippen molar-refractivity contribution in [1.82, 2.24) is 0 Å². The van der Waals surface area contributed by atoms with E-state index in [1.165, 1.54) is 11.3 Å². The van der Waals surface area contributed by atoms with E-state index in [4.69, 9.17) is 11.6 Å². The lowest BCUT2D eigenvalue weighted by Gasteiger charge is -2.06. The van der Waals surface area contributed by atoms with Crippen LogP contribution < -0.4 is 0 Å². The van der Waals surface area contributed by atoms with Crippen LogP contribution >= 0.6 is 22.9 Å². The zero-order chi connectivity index (χ0) is 10.7. The Morgan fingerprint density at radius 3 is 2.53 bits per heavy atom. The van der Waals surface area contributed by atoms with Crippen LogP contribution in [-0.2, 0) is 0 Å². The Morgan fingerprint density at radius 1 is 1.20 bits per heavy atom. The molecule has 0 aliphatic rings. The van der Waals surface area contributed by atoms with E-state index in [-0.39, 0.29) is 5.78 Å². The third kappa shape index (κ3) is 2.28. The van der Waals surface area contributed by atoms with Crippen molar-refractivity contribution in [3.63, 3.8) is 0 Å². The molecular weight excluding hydrogens is 228 g/mol. The van der Waals surface area contributed by atoms with E-state index < -0.39 is 5.38 Å². The van der Waals surface area contributed by atoms with Gasteiger partial charge >= 0.3 is 0 Å². The summed E-state index contributed by atoms with van der Waals surface area (Å²) in [6, 6.07) is 11.2. The van der Waals surface area contributed by atoms with Crippen LogP contribution in [-0.4, -0.2) is 5.78 Å². The van der Waals surface area contributed by atoms with Crippen LogP contribution in [0.3, 0.4) is 0 Å². The first kappa shape index (κ1) is 10.4. The van der Waals surface area contributed by atoms with Gasteiger partial charge in [0.1, 0.15) is 5.38 Å². The van der Waals surface area contributed by atoms with E-state index >= 15 is 0 Å². The van der Waals surface area contributed by atoms with Gasteiger partial charge in [-0.2, -0.15) is 11.3 Å². The molecule has 1 aromatic heterocycles. The normalized spacial score (nSPS) is 12.3. The number of halogens is 1. The number of hydrogen-bond donors (Lipinski definition) is 0. The van der Waals surface area contributed by atoms with Crippen LogP contribution in [0, 0.1) is 0 Å². The number of ketones is 1. The average Bonchev–Trinajstić information content (AvgIpc) is 2.82. The molecule has 2 rings (SSSR count). The number of rotatable bonds is 3. The van der Waals surface area contributed by atoms with E-state index in [0.29, 0.717) is 5.56 Å². The van der Waals surface area contributed by atoms with E-state index in [9.17, 15) is 4.79 Å². The van der Waals surface area contributed by atoms with Crippen LogP contribution in [0.1, 0.15) is 21.3 Å². The molecular formula is C12H9ClOS. The molecule has 1 nitrogen and oxygen atoms in total. The second kappa shape index (κ2) is 4.60. The summed E-state index contributed by atoms with van der Waals surface area (Å²) in [5.74, 6) is -0.0379. The van der Waals surface area contributed by atoms with Crippen molar-refractivity contribution in [2.75, 3.05) is 0 Å². The zero-order valence-corrected chi connectivity index (χ0v) is 9.46. The molecule has 0 bridgehead atoms. The van der Waals surface area contributed by atoms with Crippen LogP contribution in [0.5, 0.6) is 0 Å². The summed E-state index contributed by atoms with van der Waals surface area (Å²) in [5.41, 5.74) is 1.53. The van der Waals surface area contributed by atoms with Crippen LogP contribution in [0.4, 0.5) is 0 Å². The van der Waals surface area contributed by atoms with Gasteiger partial charge < -0.3 is 0 Å². The van der Waals surface area contributed by atoms with Gasteiger partial charge in [-0.05, 0) is 17.0 Å². The third-order valence-corrected chi connectivity index (χ3v) is 3.26. The Labute approximate surface area is 97.3 Å². The first-order chi connectivity index (χ1) is 7.29. The first-order valence-electron chi connectivity index (χ1n) is 4.54. The molecule has 15 heavy (non-hydrogen) atoms. The molecule has 0 amide bonds. The van der Waals surface area contributed by atoms with Crippen molar-refractivity contribution in [2.45, 2.75) is 5.38 Å². The standard InChI is InChI=1S/C12H9ClOS/c13-11(9-4-2-1-3-5-9)12(14)10-6-7-15-8-10/h1-8,11H. The topological polar surface area (TPSA) is 17.1 Å². The number of Topliss-reactive ketones (excluding diaryl/α,β-unsaturated/α-hetero) is 1. The molecule has 0 saturated carbocycles. The van der Waals surface area contributed by atoms with Crippen LogP contribution in [0.2, 0.25) is 0 Å². The molecule has 76 valence electrons. The number of benzene rings is 1. The maximum absolute atomic E-state index is 11.9. The van der Waals surface area contributed by atoms with Crippen molar-refractivity contribution in [2.24, 2.45) is 0 Å². The van der Waals surface area contributed by atoms with E-state index in [1.54, 1.807) is 6.07 Å². The smallest absolute Gasteiger partial charge is 0.185 e. The fraction of sp³-hybridized carbons (Fsp3) is 0.0833. The summed E-state index contributed by atoms with van der Waals surface area (Å²) in [4.78, 5) is 11.9. The van der Waals surface area contributed by atoms with Gasteiger partial charge in [-0.1, -0.05) is 30.3 Å². The highest BCUT2D eigenvalue weighted by Crippen LogP contribution is 2.25. The lowest BCUT2D eigenvalue weighted by molar-refractivity contribution is 0.0987. The highest BCUT2D eigenvalue weighted by atomic mass is 35.5. The molecule has 1 unspecified atom stereocenters. The number of alkyl halides is 1. The first-order valence-corrected chi connectivity index (χ1v) is 5.92. The van der Waals surface area contributed by atoms with Crippen LogP contribution in [0.25, 0.3) is 0 Å². The van der Waals surface area contributed by atoms with E-state index in [0.717, 1.165) is 5.56 Å². The minimum absolute atomic E-state index is 0.0379. The molecule has 0 radical (unpaired) electrons. The van der Waals surface area contributed by atoms with Gasteiger partial charge in [0, 0.05) is 10.9 Å². The fourth-order valence-corrected chi connectivity index (χ4v) is 2.24. The molecule has 2 aromatic rings. The number of carbonyl (C=O) groups excluding carboxylic acids is 1. The molecule has 1 atom stereocenters. The van der Waals surface area contributed by atoms with Gasteiger partial charge in [-0.3, -0.25) is 4.79 Å². The number of carbonyl (C=O) groups is 1. The summed E-state index contributed by atoms with van der Waals surface area (Å²) >= 11 is 7.60. The Kier molecular flexibility index (Phi) is 3.19. The largest absolute Gasteiger partial charge is 0.292 e. The SMILES string of the molecule is O=C(c1ccsc1)C(Cl)c1ccccc1. The second-order valence-corrected chi connectivity index (χ2v) is 4.37. The van der Waals surface area contributed by atoms with Gasteiger partial charge in [0.2, 0.25) is 0 Å². The summed E-state index contributed by atoms with van der Waals surface area (Å²) in [5, 5.41) is 3.11. The molecule has 0 aliphatic heterocycles. The van der Waals surface area contributed by atoms with E-state index in [2.05, 4.69) is 0 Å². The monoisotopic (exact) mass is 236 g/mol.